The van der Waals surface area contributed by atoms with Crippen molar-refractivity contribution >= 4 is 17.2 Å². The molecule has 2 aromatic rings. The van der Waals surface area contributed by atoms with Crippen molar-refractivity contribution in [3.05, 3.63) is 65.7 Å². The molecule has 2 aromatic carbocycles. The van der Waals surface area contributed by atoms with Crippen LogP contribution in [-0.4, -0.2) is 25.2 Å². The molecule has 0 radical (unpaired) electrons. The van der Waals surface area contributed by atoms with Crippen LogP contribution in [0.2, 0.25) is 0 Å². The maximum absolute atomic E-state index is 5.74. The van der Waals surface area contributed by atoms with Crippen molar-refractivity contribution < 1.29 is 9.47 Å². The first-order valence-corrected chi connectivity index (χ1v) is 7.24. The van der Waals surface area contributed by atoms with Gasteiger partial charge in [0.15, 0.2) is 0 Å². The molecule has 2 rings (SSSR count). The molecular weight excluding hydrogens is 282 g/mol. The fourth-order valence-corrected chi connectivity index (χ4v) is 2.05. The van der Waals surface area contributed by atoms with Crippen LogP contribution in [0.3, 0.4) is 0 Å². The van der Waals surface area contributed by atoms with Gasteiger partial charge >= 0.3 is 0 Å². The van der Waals surface area contributed by atoms with Gasteiger partial charge in [0.25, 0.3) is 0 Å². The van der Waals surface area contributed by atoms with Gasteiger partial charge in [0.1, 0.15) is 17.3 Å². The highest BCUT2D eigenvalue weighted by atomic mass is 32.1. The molecule has 0 aromatic heterocycles. The molecule has 1 N–H and O–H groups in total. The standard InChI is InChI=1S/C17H19NO2S/c1-19-12-11-18-17(21)15-7-9-16(10-8-15)20-13-14-5-3-2-4-6-14/h2-10H,11-13H2,1H3,(H,18,21). The summed E-state index contributed by atoms with van der Waals surface area (Å²) < 4.78 is 10.7. The molecule has 0 bridgehead atoms. The zero-order valence-corrected chi connectivity index (χ0v) is 12.9. The van der Waals surface area contributed by atoms with Gasteiger partial charge in [0, 0.05) is 19.2 Å². The molecule has 3 nitrogen and oxygen atoms in total. The van der Waals surface area contributed by atoms with Crippen LogP contribution < -0.4 is 10.1 Å². The van der Waals surface area contributed by atoms with Crippen LogP contribution in [0.25, 0.3) is 0 Å². The molecule has 110 valence electrons. The summed E-state index contributed by atoms with van der Waals surface area (Å²) >= 11 is 5.31. The van der Waals surface area contributed by atoms with Crippen LogP contribution in [0.5, 0.6) is 5.75 Å². The molecule has 0 aliphatic carbocycles. The first kappa shape index (κ1) is 15.5. The van der Waals surface area contributed by atoms with E-state index in [-0.39, 0.29) is 0 Å². The van der Waals surface area contributed by atoms with Gasteiger partial charge in [-0.1, -0.05) is 42.5 Å². The van der Waals surface area contributed by atoms with Crippen molar-refractivity contribution in [2.75, 3.05) is 20.3 Å². The zero-order valence-electron chi connectivity index (χ0n) is 12.0. The summed E-state index contributed by atoms with van der Waals surface area (Å²) in [4.78, 5) is 0.724. The van der Waals surface area contributed by atoms with Gasteiger partial charge in [-0.05, 0) is 29.8 Å². The molecule has 0 saturated heterocycles. The second kappa shape index (κ2) is 8.39. The van der Waals surface area contributed by atoms with Crippen molar-refractivity contribution in [1.29, 1.82) is 0 Å². The Hall–Kier alpha value is -1.91. The fourth-order valence-electron chi connectivity index (χ4n) is 1.81. The van der Waals surface area contributed by atoms with Gasteiger partial charge in [-0.2, -0.15) is 0 Å². The van der Waals surface area contributed by atoms with E-state index in [1.54, 1.807) is 7.11 Å². The van der Waals surface area contributed by atoms with E-state index in [1.165, 1.54) is 0 Å². The van der Waals surface area contributed by atoms with Gasteiger partial charge in [-0.15, -0.1) is 0 Å². The molecule has 0 amide bonds. The molecule has 0 aliphatic rings. The number of thiocarbonyl (C=S) groups is 1. The second-order valence-corrected chi connectivity index (χ2v) is 4.96. The van der Waals surface area contributed by atoms with Crippen LogP contribution >= 0.6 is 12.2 Å². The molecule has 0 atom stereocenters. The van der Waals surface area contributed by atoms with E-state index in [9.17, 15) is 0 Å². The molecule has 0 spiro atoms. The smallest absolute Gasteiger partial charge is 0.119 e. The molecule has 4 heteroatoms. The molecule has 0 aliphatic heterocycles. The average molecular weight is 301 g/mol. The highest BCUT2D eigenvalue weighted by Crippen LogP contribution is 2.14. The Kier molecular flexibility index (Phi) is 6.19. The largest absolute Gasteiger partial charge is 0.489 e. The van der Waals surface area contributed by atoms with Gasteiger partial charge in [0.05, 0.1) is 6.61 Å². The summed E-state index contributed by atoms with van der Waals surface area (Å²) in [6.45, 7) is 1.91. The number of hydrogen-bond acceptors (Lipinski definition) is 3. The predicted molar refractivity (Wildman–Crippen MR) is 88.8 cm³/mol. The summed E-state index contributed by atoms with van der Waals surface area (Å²) in [7, 11) is 1.67. The minimum Gasteiger partial charge on any atom is -0.489 e. The normalized spacial score (nSPS) is 10.1. The van der Waals surface area contributed by atoms with Crippen molar-refractivity contribution in [1.82, 2.24) is 5.32 Å². The molecule has 0 fully saturated rings. The Balaban J connectivity index is 1.85. The first-order valence-electron chi connectivity index (χ1n) is 6.83. The first-order chi connectivity index (χ1) is 10.3. The average Bonchev–Trinajstić information content (AvgIpc) is 2.54. The summed E-state index contributed by atoms with van der Waals surface area (Å²) in [5.74, 6) is 0.835. The third-order valence-corrected chi connectivity index (χ3v) is 3.34. The van der Waals surface area contributed by atoms with Crippen LogP contribution in [0.15, 0.2) is 54.6 Å². The SMILES string of the molecule is COCCNC(=S)c1ccc(OCc2ccccc2)cc1. The summed E-state index contributed by atoms with van der Waals surface area (Å²) in [5, 5.41) is 3.14. The number of rotatable bonds is 7. The molecule has 0 unspecified atom stereocenters. The Morgan fingerprint density at radius 2 is 1.76 bits per heavy atom. The van der Waals surface area contributed by atoms with E-state index in [0.717, 1.165) is 21.9 Å². The minimum atomic E-state index is 0.566. The highest BCUT2D eigenvalue weighted by Gasteiger charge is 2.01. The number of hydrogen-bond donors (Lipinski definition) is 1. The lowest BCUT2D eigenvalue weighted by molar-refractivity contribution is 0.204. The maximum atomic E-state index is 5.74. The van der Waals surface area contributed by atoms with Crippen LogP contribution in [-0.2, 0) is 11.3 Å². The Morgan fingerprint density at radius 1 is 1.05 bits per heavy atom. The van der Waals surface area contributed by atoms with Crippen molar-refractivity contribution in [2.24, 2.45) is 0 Å². The second-order valence-electron chi connectivity index (χ2n) is 4.55. The third kappa shape index (κ3) is 5.17. The molecular formula is C17H19NO2S. The predicted octanol–water partition coefficient (Wildman–Crippen LogP) is 3.18. The topological polar surface area (TPSA) is 30.5 Å². The van der Waals surface area contributed by atoms with Crippen molar-refractivity contribution in [2.45, 2.75) is 6.61 Å². The maximum Gasteiger partial charge on any atom is 0.119 e. The quantitative estimate of drug-likeness (QED) is 0.628. The van der Waals surface area contributed by atoms with Crippen LogP contribution in [0.4, 0.5) is 0 Å². The highest BCUT2D eigenvalue weighted by molar-refractivity contribution is 7.80. The van der Waals surface area contributed by atoms with E-state index < -0.39 is 0 Å². The number of benzene rings is 2. The van der Waals surface area contributed by atoms with Crippen molar-refractivity contribution in [3.8, 4) is 5.75 Å². The lowest BCUT2D eigenvalue weighted by atomic mass is 10.2. The molecule has 0 saturated carbocycles. The van der Waals surface area contributed by atoms with Gasteiger partial charge in [-0.25, -0.2) is 0 Å². The van der Waals surface area contributed by atoms with Crippen LogP contribution in [0, 0.1) is 0 Å². The van der Waals surface area contributed by atoms with E-state index in [0.29, 0.717) is 19.8 Å². The van der Waals surface area contributed by atoms with E-state index in [4.69, 9.17) is 21.7 Å². The lowest BCUT2D eigenvalue weighted by Gasteiger charge is -2.09. The molecule has 21 heavy (non-hydrogen) atoms. The fraction of sp³-hybridized carbons (Fsp3) is 0.235. The number of methoxy groups -OCH3 is 1. The summed E-state index contributed by atoms with van der Waals surface area (Å²) in [6.07, 6.45) is 0. The monoisotopic (exact) mass is 301 g/mol. The lowest BCUT2D eigenvalue weighted by Crippen LogP contribution is -2.25. The van der Waals surface area contributed by atoms with Crippen molar-refractivity contribution in [3.63, 3.8) is 0 Å². The zero-order chi connectivity index (χ0) is 14.9. The van der Waals surface area contributed by atoms with E-state index in [1.807, 2.05) is 54.6 Å². The Bertz CT molecular complexity index is 555. The summed E-state index contributed by atoms with van der Waals surface area (Å²) in [5.41, 5.74) is 2.13. The number of nitrogens with one attached hydrogen (secondary N) is 1. The van der Waals surface area contributed by atoms with Gasteiger partial charge in [0.2, 0.25) is 0 Å². The van der Waals surface area contributed by atoms with Gasteiger partial charge < -0.3 is 14.8 Å². The Labute approximate surface area is 130 Å². The van der Waals surface area contributed by atoms with E-state index in [2.05, 4.69) is 5.32 Å². The third-order valence-electron chi connectivity index (χ3n) is 2.96. The van der Waals surface area contributed by atoms with Gasteiger partial charge in [-0.3, -0.25) is 0 Å². The van der Waals surface area contributed by atoms with Crippen LogP contribution in [0.1, 0.15) is 11.1 Å². The minimum absolute atomic E-state index is 0.566. The van der Waals surface area contributed by atoms with E-state index >= 15 is 0 Å². The number of ether oxygens (including phenoxy) is 2. The molecule has 0 heterocycles. The summed E-state index contributed by atoms with van der Waals surface area (Å²) in [6, 6.07) is 17.9. The Morgan fingerprint density at radius 3 is 2.43 bits per heavy atom.